The summed E-state index contributed by atoms with van der Waals surface area (Å²) in [5.41, 5.74) is 8.00. The number of carbonyl (C=O) groups is 1. The lowest BCUT2D eigenvalue weighted by atomic mass is 10.1. The zero-order valence-electron chi connectivity index (χ0n) is 11.2. The summed E-state index contributed by atoms with van der Waals surface area (Å²) >= 11 is 0. The second kappa shape index (κ2) is 5.71. The van der Waals surface area contributed by atoms with E-state index in [-0.39, 0.29) is 12.5 Å². The molecule has 108 valence electrons. The number of tetrazole rings is 1. The van der Waals surface area contributed by atoms with E-state index in [2.05, 4.69) is 30.9 Å². The number of rotatable bonds is 5. The fourth-order valence-corrected chi connectivity index (χ4v) is 2.18. The second-order valence-electron chi connectivity index (χ2n) is 4.72. The number of benzene rings is 1. The normalized spacial score (nSPS) is 12.4. The van der Waals surface area contributed by atoms with Crippen LogP contribution < -0.4 is 11.1 Å². The third kappa shape index (κ3) is 2.90. The molecule has 0 bridgehead atoms. The Labute approximate surface area is 120 Å². The van der Waals surface area contributed by atoms with Gasteiger partial charge in [-0.1, -0.05) is 23.4 Å². The fourth-order valence-electron chi connectivity index (χ4n) is 2.18. The SMILES string of the molecule is NC(Cc1c[nH]c2ccccc12)C(=O)NCc1nn[nH]n1. The number of aromatic nitrogens is 5. The van der Waals surface area contributed by atoms with Crippen molar-refractivity contribution in [2.45, 2.75) is 19.0 Å². The lowest BCUT2D eigenvalue weighted by Gasteiger charge is -2.10. The minimum atomic E-state index is -0.629. The van der Waals surface area contributed by atoms with Gasteiger partial charge in [-0.05, 0) is 18.1 Å². The maximum atomic E-state index is 12.0. The Balaban J connectivity index is 1.62. The molecule has 0 fully saturated rings. The molecule has 8 heteroatoms. The van der Waals surface area contributed by atoms with E-state index in [4.69, 9.17) is 5.73 Å². The second-order valence-corrected chi connectivity index (χ2v) is 4.72. The molecule has 0 spiro atoms. The van der Waals surface area contributed by atoms with Crippen molar-refractivity contribution < 1.29 is 4.79 Å². The first-order chi connectivity index (χ1) is 10.2. The van der Waals surface area contributed by atoms with E-state index < -0.39 is 6.04 Å². The van der Waals surface area contributed by atoms with Crippen LogP contribution in [-0.4, -0.2) is 37.6 Å². The minimum absolute atomic E-state index is 0.205. The summed E-state index contributed by atoms with van der Waals surface area (Å²) in [5.74, 6) is 0.174. The van der Waals surface area contributed by atoms with Crippen molar-refractivity contribution in [3.63, 3.8) is 0 Å². The summed E-state index contributed by atoms with van der Waals surface area (Å²) in [5, 5.41) is 17.0. The van der Waals surface area contributed by atoms with Crippen LogP contribution in [0, 0.1) is 0 Å². The number of H-pyrrole nitrogens is 2. The highest BCUT2D eigenvalue weighted by Crippen LogP contribution is 2.18. The van der Waals surface area contributed by atoms with Crippen LogP contribution in [0.5, 0.6) is 0 Å². The Morgan fingerprint density at radius 3 is 3.05 bits per heavy atom. The predicted molar refractivity (Wildman–Crippen MR) is 76.0 cm³/mol. The molecule has 1 aromatic carbocycles. The Morgan fingerprint density at radius 2 is 2.24 bits per heavy atom. The van der Waals surface area contributed by atoms with Crippen LogP contribution in [0.15, 0.2) is 30.5 Å². The molecule has 0 saturated carbocycles. The number of amides is 1. The van der Waals surface area contributed by atoms with Gasteiger partial charge in [0.05, 0.1) is 12.6 Å². The van der Waals surface area contributed by atoms with Crippen LogP contribution in [0.3, 0.4) is 0 Å². The average molecular weight is 285 g/mol. The molecule has 0 aliphatic heterocycles. The van der Waals surface area contributed by atoms with Crippen molar-refractivity contribution in [3.05, 3.63) is 41.9 Å². The number of carbonyl (C=O) groups excluding carboxylic acids is 1. The van der Waals surface area contributed by atoms with E-state index in [1.54, 1.807) is 0 Å². The monoisotopic (exact) mass is 285 g/mol. The summed E-state index contributed by atoms with van der Waals surface area (Å²) < 4.78 is 0. The first-order valence-electron chi connectivity index (χ1n) is 6.54. The molecule has 5 N–H and O–H groups in total. The molecule has 1 amide bonds. The topological polar surface area (TPSA) is 125 Å². The molecule has 3 aromatic rings. The van der Waals surface area contributed by atoms with Crippen LogP contribution in [0.25, 0.3) is 10.9 Å². The van der Waals surface area contributed by atoms with Gasteiger partial charge in [0, 0.05) is 17.1 Å². The Bertz CT molecular complexity index is 734. The third-order valence-corrected chi connectivity index (χ3v) is 3.26. The van der Waals surface area contributed by atoms with Crippen molar-refractivity contribution in [1.29, 1.82) is 0 Å². The summed E-state index contributed by atoms with van der Waals surface area (Å²) in [6.45, 7) is 0.205. The minimum Gasteiger partial charge on any atom is -0.361 e. The van der Waals surface area contributed by atoms with Crippen LogP contribution >= 0.6 is 0 Å². The maximum Gasteiger partial charge on any atom is 0.237 e. The number of fused-ring (bicyclic) bond motifs is 1. The third-order valence-electron chi connectivity index (χ3n) is 3.26. The molecule has 1 atom stereocenters. The Morgan fingerprint density at radius 1 is 1.38 bits per heavy atom. The summed E-state index contributed by atoms with van der Waals surface area (Å²) in [4.78, 5) is 15.1. The standard InChI is InChI=1S/C13H15N7O/c14-10(13(21)16-7-12-17-19-20-18-12)5-8-6-15-11-4-2-1-3-9(8)11/h1-4,6,10,15H,5,7,14H2,(H,16,21)(H,17,18,19,20). The number of nitrogens with zero attached hydrogens (tertiary/aromatic N) is 3. The zero-order valence-corrected chi connectivity index (χ0v) is 11.2. The van der Waals surface area contributed by atoms with Gasteiger partial charge in [-0.2, -0.15) is 5.21 Å². The highest BCUT2D eigenvalue weighted by molar-refractivity contribution is 5.86. The predicted octanol–water partition coefficient (Wildman–Crippen LogP) is -0.133. The van der Waals surface area contributed by atoms with Crippen LogP contribution in [0.2, 0.25) is 0 Å². The van der Waals surface area contributed by atoms with Gasteiger partial charge in [-0.3, -0.25) is 4.79 Å². The number of nitrogens with one attached hydrogen (secondary N) is 3. The van der Waals surface area contributed by atoms with E-state index >= 15 is 0 Å². The van der Waals surface area contributed by atoms with Crippen molar-refractivity contribution in [3.8, 4) is 0 Å². The zero-order chi connectivity index (χ0) is 14.7. The smallest absolute Gasteiger partial charge is 0.237 e. The number of aromatic amines is 2. The van der Waals surface area contributed by atoms with E-state index in [0.717, 1.165) is 16.5 Å². The highest BCUT2D eigenvalue weighted by atomic mass is 16.2. The molecule has 2 aromatic heterocycles. The van der Waals surface area contributed by atoms with Crippen molar-refractivity contribution in [2.24, 2.45) is 5.73 Å². The van der Waals surface area contributed by atoms with Gasteiger partial charge in [-0.15, -0.1) is 10.2 Å². The van der Waals surface area contributed by atoms with Crippen molar-refractivity contribution >= 4 is 16.8 Å². The molecule has 1 unspecified atom stereocenters. The van der Waals surface area contributed by atoms with Crippen molar-refractivity contribution in [1.82, 2.24) is 30.9 Å². The molecular weight excluding hydrogens is 270 g/mol. The molecular formula is C13H15N7O. The molecule has 0 radical (unpaired) electrons. The van der Waals surface area contributed by atoms with Crippen LogP contribution in [0.4, 0.5) is 0 Å². The van der Waals surface area contributed by atoms with Crippen LogP contribution in [-0.2, 0) is 17.8 Å². The van der Waals surface area contributed by atoms with Gasteiger partial charge in [-0.25, -0.2) is 0 Å². The number of hydrogen-bond acceptors (Lipinski definition) is 5. The van der Waals surface area contributed by atoms with E-state index in [1.165, 1.54) is 0 Å². The van der Waals surface area contributed by atoms with Gasteiger partial charge >= 0.3 is 0 Å². The lowest BCUT2D eigenvalue weighted by molar-refractivity contribution is -0.122. The summed E-state index contributed by atoms with van der Waals surface area (Å²) in [6.07, 6.45) is 2.35. The van der Waals surface area contributed by atoms with Crippen LogP contribution in [0.1, 0.15) is 11.4 Å². The van der Waals surface area contributed by atoms with E-state index in [1.807, 2.05) is 30.5 Å². The quantitative estimate of drug-likeness (QED) is 0.519. The Kier molecular flexibility index (Phi) is 3.61. The van der Waals surface area contributed by atoms with Gasteiger partial charge in [0.2, 0.25) is 5.91 Å². The molecule has 21 heavy (non-hydrogen) atoms. The summed E-state index contributed by atoms with van der Waals surface area (Å²) in [6, 6.07) is 7.28. The van der Waals surface area contributed by atoms with Gasteiger partial charge in [0.25, 0.3) is 0 Å². The number of para-hydroxylation sites is 1. The van der Waals surface area contributed by atoms with Gasteiger partial charge in [0.15, 0.2) is 5.82 Å². The first-order valence-corrected chi connectivity index (χ1v) is 6.54. The first kappa shape index (κ1) is 13.3. The number of nitrogens with two attached hydrogens (primary N) is 1. The van der Waals surface area contributed by atoms with Crippen molar-refractivity contribution in [2.75, 3.05) is 0 Å². The molecule has 3 rings (SSSR count). The fraction of sp³-hybridized carbons (Fsp3) is 0.231. The van der Waals surface area contributed by atoms with Gasteiger partial charge < -0.3 is 16.0 Å². The largest absolute Gasteiger partial charge is 0.361 e. The molecule has 0 saturated heterocycles. The molecule has 0 aliphatic carbocycles. The van der Waals surface area contributed by atoms with E-state index in [9.17, 15) is 4.79 Å². The average Bonchev–Trinajstić information content (AvgIpc) is 3.15. The summed E-state index contributed by atoms with van der Waals surface area (Å²) in [7, 11) is 0. The van der Waals surface area contributed by atoms with E-state index in [0.29, 0.717) is 12.2 Å². The molecule has 0 aliphatic rings. The van der Waals surface area contributed by atoms with Gasteiger partial charge in [0.1, 0.15) is 0 Å². The lowest BCUT2D eigenvalue weighted by Crippen LogP contribution is -2.41. The molecule has 2 heterocycles. The highest BCUT2D eigenvalue weighted by Gasteiger charge is 2.16. The number of hydrogen-bond donors (Lipinski definition) is 4. The Hall–Kier alpha value is -2.74. The maximum absolute atomic E-state index is 12.0. The molecule has 8 nitrogen and oxygen atoms in total.